The average Bonchev–Trinajstić information content (AvgIpc) is 3.01. The quantitative estimate of drug-likeness (QED) is 0.860. The smallest absolute Gasteiger partial charge is 0.340 e. The summed E-state index contributed by atoms with van der Waals surface area (Å²) in [6.07, 6.45) is 6.01. The molecule has 0 aliphatic carbocycles. The lowest BCUT2D eigenvalue weighted by atomic mass is 10.0. The van der Waals surface area contributed by atoms with Crippen LogP contribution in [-0.4, -0.2) is 46.1 Å². The van der Waals surface area contributed by atoms with Crippen molar-refractivity contribution in [1.82, 2.24) is 14.9 Å². The fraction of sp³-hybridized carbons (Fsp3) is 0.500. The molecule has 110 valence electrons. The lowest BCUT2D eigenvalue weighted by molar-refractivity contribution is -0.000279. The lowest BCUT2D eigenvalue weighted by Gasteiger charge is -2.35. The van der Waals surface area contributed by atoms with Crippen LogP contribution in [0.3, 0.4) is 0 Å². The zero-order chi connectivity index (χ0) is 14.4. The Kier molecular flexibility index (Phi) is 2.96. The Bertz CT molecular complexity index is 667. The van der Waals surface area contributed by atoms with E-state index in [0.717, 1.165) is 18.4 Å². The molecule has 1 aromatic carbocycles. The molecule has 0 saturated carbocycles. The van der Waals surface area contributed by atoms with Gasteiger partial charge in [0, 0.05) is 24.9 Å². The van der Waals surface area contributed by atoms with Crippen LogP contribution in [0, 0.1) is 0 Å². The molecule has 5 heteroatoms. The summed E-state index contributed by atoms with van der Waals surface area (Å²) in [5.41, 5.74) is 2.12. The SMILES string of the molecule is CN1[C@@H]2CC[C@H]1CC(OC(=O)c1cccc3[nH]cnc13)C2. The van der Waals surface area contributed by atoms with Gasteiger partial charge in [-0.25, -0.2) is 9.78 Å². The minimum Gasteiger partial charge on any atom is -0.459 e. The molecule has 2 saturated heterocycles. The largest absolute Gasteiger partial charge is 0.459 e. The number of carbonyl (C=O) groups is 1. The molecule has 2 bridgehead atoms. The fourth-order valence-corrected chi connectivity index (χ4v) is 3.80. The standard InChI is InChI=1S/C16H19N3O2/c1-19-10-5-6-11(19)8-12(7-10)21-16(20)13-3-2-4-14-15(13)18-9-17-14/h2-4,9-12H,5-8H2,1H3,(H,17,18)/t10-,11+,12?. The van der Waals surface area contributed by atoms with E-state index in [1.54, 1.807) is 12.4 Å². The predicted octanol–water partition coefficient (Wildman–Crippen LogP) is 2.34. The number of H-pyrrole nitrogens is 1. The number of imidazole rings is 1. The average molecular weight is 285 g/mol. The number of carbonyl (C=O) groups excluding carboxylic acids is 1. The van der Waals surface area contributed by atoms with Gasteiger partial charge in [0.15, 0.2) is 0 Å². The number of nitrogens with zero attached hydrogens (tertiary/aromatic N) is 2. The van der Waals surface area contributed by atoms with Gasteiger partial charge >= 0.3 is 5.97 Å². The van der Waals surface area contributed by atoms with Crippen LogP contribution >= 0.6 is 0 Å². The molecule has 2 aromatic rings. The predicted molar refractivity (Wildman–Crippen MR) is 79.1 cm³/mol. The molecule has 0 amide bonds. The van der Waals surface area contributed by atoms with Gasteiger partial charge in [-0.05, 0) is 32.0 Å². The number of rotatable bonds is 2. The summed E-state index contributed by atoms with van der Waals surface area (Å²) in [6, 6.07) is 6.70. The van der Waals surface area contributed by atoms with Crippen molar-refractivity contribution in [2.24, 2.45) is 0 Å². The van der Waals surface area contributed by atoms with Crippen molar-refractivity contribution in [3.8, 4) is 0 Å². The number of benzene rings is 1. The molecule has 2 fully saturated rings. The van der Waals surface area contributed by atoms with Crippen molar-refractivity contribution in [2.45, 2.75) is 43.9 Å². The maximum absolute atomic E-state index is 12.5. The highest BCUT2D eigenvalue weighted by Gasteiger charge is 2.40. The van der Waals surface area contributed by atoms with Gasteiger partial charge in [-0.3, -0.25) is 0 Å². The minimum atomic E-state index is -0.248. The van der Waals surface area contributed by atoms with E-state index in [9.17, 15) is 4.79 Å². The first kappa shape index (κ1) is 12.8. The number of ether oxygens (including phenoxy) is 1. The molecule has 4 rings (SSSR count). The van der Waals surface area contributed by atoms with Gasteiger partial charge < -0.3 is 14.6 Å². The van der Waals surface area contributed by atoms with Crippen LogP contribution in [0.4, 0.5) is 0 Å². The van der Waals surface area contributed by atoms with Gasteiger partial charge in [0.1, 0.15) is 11.6 Å². The summed E-state index contributed by atoms with van der Waals surface area (Å²) in [7, 11) is 2.19. The summed E-state index contributed by atoms with van der Waals surface area (Å²) in [5, 5.41) is 0. The number of aromatic amines is 1. The maximum Gasteiger partial charge on any atom is 0.340 e. The van der Waals surface area contributed by atoms with Crippen LogP contribution in [0.2, 0.25) is 0 Å². The van der Waals surface area contributed by atoms with E-state index in [0.29, 0.717) is 23.2 Å². The molecule has 3 atom stereocenters. The summed E-state index contributed by atoms with van der Waals surface area (Å²) in [5.74, 6) is -0.248. The zero-order valence-corrected chi connectivity index (χ0v) is 12.1. The van der Waals surface area contributed by atoms with Gasteiger partial charge in [0.05, 0.1) is 17.4 Å². The monoisotopic (exact) mass is 285 g/mol. The molecule has 5 nitrogen and oxygen atoms in total. The third kappa shape index (κ3) is 2.12. The third-order valence-corrected chi connectivity index (χ3v) is 5.00. The van der Waals surface area contributed by atoms with E-state index in [1.165, 1.54) is 12.8 Å². The van der Waals surface area contributed by atoms with Gasteiger partial charge in [-0.2, -0.15) is 0 Å². The molecule has 1 unspecified atom stereocenters. The molecular formula is C16H19N3O2. The van der Waals surface area contributed by atoms with Gasteiger partial charge in [0.25, 0.3) is 0 Å². The Morgan fingerprint density at radius 1 is 1.33 bits per heavy atom. The maximum atomic E-state index is 12.5. The molecule has 0 radical (unpaired) electrons. The summed E-state index contributed by atoms with van der Waals surface area (Å²) < 4.78 is 5.76. The lowest BCUT2D eigenvalue weighted by Crippen LogP contribution is -2.43. The molecular weight excluding hydrogens is 266 g/mol. The number of hydrogen-bond acceptors (Lipinski definition) is 4. The molecule has 3 heterocycles. The first-order valence-corrected chi connectivity index (χ1v) is 7.57. The van der Waals surface area contributed by atoms with Gasteiger partial charge in [-0.1, -0.05) is 6.07 Å². The van der Waals surface area contributed by atoms with Crippen LogP contribution in [0.1, 0.15) is 36.0 Å². The van der Waals surface area contributed by atoms with Crippen LogP contribution in [0.15, 0.2) is 24.5 Å². The van der Waals surface area contributed by atoms with Crippen LogP contribution in [-0.2, 0) is 4.74 Å². The molecule has 21 heavy (non-hydrogen) atoms. The Balaban J connectivity index is 1.53. The van der Waals surface area contributed by atoms with Crippen molar-refractivity contribution in [3.05, 3.63) is 30.1 Å². The van der Waals surface area contributed by atoms with E-state index in [-0.39, 0.29) is 12.1 Å². The van der Waals surface area contributed by atoms with Crippen molar-refractivity contribution >= 4 is 17.0 Å². The molecule has 2 aliphatic heterocycles. The summed E-state index contributed by atoms with van der Waals surface area (Å²) >= 11 is 0. The third-order valence-electron chi connectivity index (χ3n) is 5.00. The number of para-hydroxylation sites is 1. The molecule has 0 spiro atoms. The fourth-order valence-electron chi connectivity index (χ4n) is 3.80. The number of hydrogen-bond donors (Lipinski definition) is 1. The first-order valence-electron chi connectivity index (χ1n) is 7.57. The van der Waals surface area contributed by atoms with Crippen molar-refractivity contribution < 1.29 is 9.53 Å². The zero-order valence-electron chi connectivity index (χ0n) is 12.1. The van der Waals surface area contributed by atoms with E-state index in [2.05, 4.69) is 21.9 Å². The Morgan fingerprint density at radius 2 is 2.10 bits per heavy atom. The Morgan fingerprint density at radius 3 is 2.86 bits per heavy atom. The Labute approximate surface area is 123 Å². The van der Waals surface area contributed by atoms with E-state index in [4.69, 9.17) is 4.74 Å². The van der Waals surface area contributed by atoms with E-state index < -0.39 is 0 Å². The highest BCUT2D eigenvalue weighted by atomic mass is 16.5. The highest BCUT2D eigenvalue weighted by Crippen LogP contribution is 2.35. The van der Waals surface area contributed by atoms with Crippen molar-refractivity contribution in [1.29, 1.82) is 0 Å². The van der Waals surface area contributed by atoms with Crippen molar-refractivity contribution in [3.63, 3.8) is 0 Å². The van der Waals surface area contributed by atoms with Crippen LogP contribution in [0.5, 0.6) is 0 Å². The number of esters is 1. The van der Waals surface area contributed by atoms with E-state index >= 15 is 0 Å². The van der Waals surface area contributed by atoms with Crippen LogP contribution < -0.4 is 0 Å². The molecule has 1 aromatic heterocycles. The Hall–Kier alpha value is -1.88. The van der Waals surface area contributed by atoms with Gasteiger partial charge in [0.2, 0.25) is 0 Å². The second-order valence-corrected chi connectivity index (χ2v) is 6.15. The number of piperidine rings is 1. The minimum absolute atomic E-state index is 0.0420. The van der Waals surface area contributed by atoms with Crippen molar-refractivity contribution in [2.75, 3.05) is 7.05 Å². The number of nitrogens with one attached hydrogen (secondary N) is 1. The van der Waals surface area contributed by atoms with E-state index in [1.807, 2.05) is 12.1 Å². The summed E-state index contributed by atoms with van der Waals surface area (Å²) in [4.78, 5) is 22.1. The first-order chi connectivity index (χ1) is 10.2. The van der Waals surface area contributed by atoms with Gasteiger partial charge in [-0.15, -0.1) is 0 Å². The second kappa shape index (κ2) is 4.84. The molecule has 2 aliphatic rings. The van der Waals surface area contributed by atoms with Crippen LogP contribution in [0.25, 0.3) is 11.0 Å². The highest BCUT2D eigenvalue weighted by molar-refractivity contribution is 6.01. The second-order valence-electron chi connectivity index (χ2n) is 6.15. The summed E-state index contributed by atoms with van der Waals surface area (Å²) in [6.45, 7) is 0. The topological polar surface area (TPSA) is 58.2 Å². The number of aromatic nitrogens is 2. The number of fused-ring (bicyclic) bond motifs is 3. The molecule has 1 N–H and O–H groups in total. The normalized spacial score (nSPS) is 28.9.